The topological polar surface area (TPSA) is 96.8 Å². The van der Waals surface area contributed by atoms with Crippen LogP contribution in [0.5, 0.6) is 0 Å². The second-order valence-electron chi connectivity index (χ2n) is 8.29. The highest BCUT2D eigenvalue weighted by atomic mass is 35.5. The molecule has 3 N–H and O–H groups in total. The van der Waals surface area contributed by atoms with E-state index in [1.54, 1.807) is 24.8 Å². The number of aromatic nitrogens is 2. The highest BCUT2D eigenvalue weighted by Gasteiger charge is 2.48. The van der Waals surface area contributed by atoms with Gasteiger partial charge in [0.25, 0.3) is 5.84 Å². The number of allylic oxidation sites excluding steroid dienone is 2. The van der Waals surface area contributed by atoms with E-state index < -0.39 is 0 Å². The number of benzene rings is 1. The number of aliphatic hydroxyl groups excluding tert-OH is 1. The molecule has 1 aliphatic carbocycles. The lowest BCUT2D eigenvalue weighted by Gasteiger charge is -2.31. The van der Waals surface area contributed by atoms with E-state index in [1.165, 1.54) is 0 Å². The number of hydrogen-bond donors (Lipinski definition) is 2. The number of hydrogen-bond acceptors (Lipinski definition) is 6. The van der Waals surface area contributed by atoms with E-state index in [4.69, 9.17) is 27.4 Å². The van der Waals surface area contributed by atoms with E-state index in [2.05, 4.69) is 9.98 Å². The van der Waals surface area contributed by atoms with Crippen LogP contribution < -0.4 is 5.84 Å². The van der Waals surface area contributed by atoms with Gasteiger partial charge in [-0.2, -0.15) is 10.8 Å². The number of nitrogens with two attached hydrogens (primary N) is 1. The van der Waals surface area contributed by atoms with Crippen molar-refractivity contribution < 1.29 is 9.70 Å². The molecule has 1 fully saturated rings. The molecule has 1 unspecified atom stereocenters. The van der Waals surface area contributed by atoms with Crippen molar-refractivity contribution in [3.05, 3.63) is 83.0 Å². The second kappa shape index (κ2) is 7.15. The molecule has 1 aromatic carbocycles. The molecule has 2 aliphatic heterocycles. The van der Waals surface area contributed by atoms with E-state index in [9.17, 15) is 5.11 Å². The summed E-state index contributed by atoms with van der Waals surface area (Å²) in [7, 11) is 0. The molecule has 0 saturated heterocycles. The fourth-order valence-corrected chi connectivity index (χ4v) is 4.78. The number of amidine groups is 1. The lowest BCUT2D eigenvalue weighted by molar-refractivity contribution is -0.750. The Hall–Kier alpha value is -3.23. The van der Waals surface area contributed by atoms with Gasteiger partial charge in [-0.05, 0) is 37.1 Å². The van der Waals surface area contributed by atoms with Gasteiger partial charge in [0.1, 0.15) is 11.9 Å². The molecule has 32 heavy (non-hydrogen) atoms. The van der Waals surface area contributed by atoms with Crippen molar-refractivity contribution in [3.63, 3.8) is 0 Å². The lowest BCUT2D eigenvalue weighted by Crippen LogP contribution is -2.53. The van der Waals surface area contributed by atoms with E-state index in [0.29, 0.717) is 29.2 Å². The molecule has 0 radical (unpaired) electrons. The van der Waals surface area contributed by atoms with Crippen molar-refractivity contribution in [2.24, 2.45) is 21.7 Å². The van der Waals surface area contributed by atoms with Gasteiger partial charge in [0.2, 0.25) is 5.70 Å². The summed E-state index contributed by atoms with van der Waals surface area (Å²) in [4.78, 5) is 18.4. The normalized spacial score (nSPS) is 26.3. The zero-order valence-corrected chi connectivity index (χ0v) is 17.8. The van der Waals surface area contributed by atoms with Gasteiger partial charge in [-0.3, -0.25) is 9.98 Å². The highest BCUT2D eigenvalue weighted by Crippen LogP contribution is 2.43. The van der Waals surface area contributed by atoms with Crippen molar-refractivity contribution >= 4 is 34.6 Å². The molecule has 0 amide bonds. The van der Waals surface area contributed by atoms with Crippen LogP contribution in [0.25, 0.3) is 22.3 Å². The van der Waals surface area contributed by atoms with Crippen molar-refractivity contribution in [3.8, 4) is 11.4 Å². The Bertz CT molecular complexity index is 1370. The molecule has 4 heterocycles. The van der Waals surface area contributed by atoms with E-state index in [0.717, 1.165) is 33.7 Å². The first kappa shape index (κ1) is 19.5. The molecule has 6 rings (SSSR count). The fraction of sp³-hybridized carbons (Fsp3) is 0.167. The lowest BCUT2D eigenvalue weighted by atomic mass is 9.79. The van der Waals surface area contributed by atoms with Gasteiger partial charge in [0, 0.05) is 17.5 Å². The van der Waals surface area contributed by atoms with Crippen LogP contribution in [-0.4, -0.2) is 37.8 Å². The molecule has 3 aliphatic rings. The Morgan fingerprint density at radius 3 is 2.69 bits per heavy atom. The van der Waals surface area contributed by atoms with Crippen LogP contribution in [0.4, 0.5) is 0 Å². The molecule has 7 nitrogen and oxygen atoms in total. The van der Waals surface area contributed by atoms with E-state index in [-0.39, 0.29) is 16.6 Å². The van der Waals surface area contributed by atoms with Crippen molar-refractivity contribution in [2.75, 3.05) is 0 Å². The first-order chi connectivity index (χ1) is 15.5. The predicted molar refractivity (Wildman–Crippen MR) is 124 cm³/mol. The summed E-state index contributed by atoms with van der Waals surface area (Å²) in [5.41, 5.74) is 4.60. The minimum atomic E-state index is -0.290. The molecule has 8 heteroatoms. The van der Waals surface area contributed by atoms with Crippen LogP contribution in [0.2, 0.25) is 5.02 Å². The summed E-state index contributed by atoms with van der Waals surface area (Å²) in [6.07, 6.45) is 8.02. The number of nitrogens with zero attached hydrogens (tertiary/aromatic N) is 5. The standard InChI is InChI=1S/C24H20ClN6O/c25-21-17(6-4-14-5-7-19(29-23(14)21)18-3-1-2-8-28-18)24-30-22(15-11-16(32)12-15)20-13-27-9-10-31(20,24)26/h1-10,13,15-16,32H,11-12,26H2/q+1. The molecule has 2 aromatic heterocycles. The smallest absolute Gasteiger partial charge is 0.266 e. The number of aliphatic imine (C=N–C) groups is 2. The van der Waals surface area contributed by atoms with Gasteiger partial charge in [-0.15, -0.1) is 4.59 Å². The number of halogens is 1. The average Bonchev–Trinajstić information content (AvgIpc) is 3.10. The summed E-state index contributed by atoms with van der Waals surface area (Å²) >= 11 is 6.93. The molecule has 1 saturated carbocycles. The van der Waals surface area contributed by atoms with Crippen LogP contribution in [0.15, 0.2) is 82.4 Å². The first-order valence-electron chi connectivity index (χ1n) is 10.5. The van der Waals surface area contributed by atoms with Crippen molar-refractivity contribution in [1.29, 1.82) is 0 Å². The zero-order valence-electron chi connectivity index (χ0n) is 17.1. The number of pyridine rings is 2. The van der Waals surface area contributed by atoms with Gasteiger partial charge >= 0.3 is 0 Å². The predicted octanol–water partition coefficient (Wildman–Crippen LogP) is 3.94. The van der Waals surface area contributed by atoms with Gasteiger partial charge in [0.15, 0.2) is 0 Å². The second-order valence-corrected chi connectivity index (χ2v) is 8.67. The molecule has 0 bridgehead atoms. The summed E-state index contributed by atoms with van der Waals surface area (Å²) < 4.78 is -0.101. The van der Waals surface area contributed by atoms with Crippen LogP contribution in [-0.2, 0) is 0 Å². The minimum Gasteiger partial charge on any atom is -0.393 e. The van der Waals surface area contributed by atoms with Gasteiger partial charge in [0.05, 0.1) is 46.0 Å². The van der Waals surface area contributed by atoms with Crippen LogP contribution in [0, 0.1) is 5.92 Å². The minimum absolute atomic E-state index is 0.101. The monoisotopic (exact) mass is 443 g/mol. The Balaban J connectivity index is 1.49. The molecular weight excluding hydrogens is 424 g/mol. The third-order valence-electron chi connectivity index (χ3n) is 6.29. The number of aliphatic hydroxyl groups is 1. The number of quaternary nitrogens is 1. The maximum absolute atomic E-state index is 9.81. The first-order valence-corrected chi connectivity index (χ1v) is 10.8. The summed E-state index contributed by atoms with van der Waals surface area (Å²) in [5.74, 6) is 7.61. The Morgan fingerprint density at radius 1 is 1.06 bits per heavy atom. The van der Waals surface area contributed by atoms with Crippen molar-refractivity contribution in [1.82, 2.24) is 9.97 Å². The van der Waals surface area contributed by atoms with Crippen molar-refractivity contribution in [2.45, 2.75) is 18.9 Å². The molecule has 0 spiro atoms. The van der Waals surface area contributed by atoms with Crippen LogP contribution >= 0.6 is 11.6 Å². The summed E-state index contributed by atoms with van der Waals surface area (Å²) in [5, 5.41) is 11.2. The quantitative estimate of drug-likeness (QED) is 0.473. The Morgan fingerprint density at radius 2 is 1.91 bits per heavy atom. The maximum atomic E-state index is 9.81. The zero-order chi connectivity index (χ0) is 21.9. The van der Waals surface area contributed by atoms with Crippen LogP contribution in [0.3, 0.4) is 0 Å². The summed E-state index contributed by atoms with van der Waals surface area (Å²) in [6.45, 7) is 0. The molecule has 3 aromatic rings. The summed E-state index contributed by atoms with van der Waals surface area (Å²) in [6, 6.07) is 13.6. The van der Waals surface area contributed by atoms with Crippen LogP contribution in [0.1, 0.15) is 18.4 Å². The third kappa shape index (κ3) is 2.87. The molecule has 158 valence electrons. The Kier molecular flexibility index (Phi) is 4.34. The van der Waals surface area contributed by atoms with Gasteiger partial charge in [-0.1, -0.05) is 29.8 Å². The van der Waals surface area contributed by atoms with Gasteiger partial charge < -0.3 is 5.11 Å². The molecular formula is C24H20ClN6O+. The third-order valence-corrected chi connectivity index (χ3v) is 6.67. The van der Waals surface area contributed by atoms with Gasteiger partial charge in [-0.25, -0.2) is 4.98 Å². The van der Waals surface area contributed by atoms with E-state index in [1.807, 2.05) is 42.5 Å². The van der Waals surface area contributed by atoms with E-state index >= 15 is 0 Å². The fourth-order valence-electron chi connectivity index (χ4n) is 4.48. The number of fused-ring (bicyclic) bond motifs is 2. The Labute approximate surface area is 189 Å². The highest BCUT2D eigenvalue weighted by molar-refractivity contribution is 6.38. The molecule has 1 atom stereocenters. The maximum Gasteiger partial charge on any atom is 0.266 e. The SMILES string of the molecule is N[N+]12C=CN=CC1=C(C1CC(O)C1)N=C2c1ccc2ccc(-c3ccccn3)nc2c1Cl. The number of rotatable bonds is 3. The average molecular weight is 444 g/mol. The largest absolute Gasteiger partial charge is 0.393 e.